The quantitative estimate of drug-likeness (QED) is 0.841. The minimum atomic E-state index is -0.133. The Morgan fingerprint density at radius 3 is 2.96 bits per heavy atom. The van der Waals surface area contributed by atoms with Gasteiger partial charge in [-0.15, -0.1) is 21.5 Å². The van der Waals surface area contributed by atoms with Crippen LogP contribution in [0.3, 0.4) is 0 Å². The van der Waals surface area contributed by atoms with E-state index in [-0.39, 0.29) is 17.4 Å². The van der Waals surface area contributed by atoms with Crippen LogP contribution in [-0.2, 0) is 10.2 Å². The first kappa shape index (κ1) is 17.1. The van der Waals surface area contributed by atoms with E-state index in [0.29, 0.717) is 12.4 Å². The van der Waals surface area contributed by atoms with Crippen molar-refractivity contribution in [3.63, 3.8) is 0 Å². The van der Waals surface area contributed by atoms with E-state index < -0.39 is 0 Å². The zero-order valence-corrected chi connectivity index (χ0v) is 15.5. The van der Waals surface area contributed by atoms with Crippen molar-refractivity contribution in [1.29, 1.82) is 0 Å². The molecule has 1 amide bonds. The van der Waals surface area contributed by atoms with Crippen molar-refractivity contribution in [3.05, 3.63) is 28.0 Å². The summed E-state index contributed by atoms with van der Waals surface area (Å²) in [6.45, 7) is 7.07. The molecule has 9 heteroatoms. The van der Waals surface area contributed by atoms with Gasteiger partial charge in [-0.05, 0) is 6.08 Å². The third-order valence-electron chi connectivity index (χ3n) is 3.63. The number of carbonyl (C=O) groups is 1. The fourth-order valence-corrected chi connectivity index (χ4v) is 4.27. The SMILES string of the molecule is CC(C)(C)c1ncc(/C=C/C(=O)N2CCSCC2c2nn[nH]n2)s1. The number of aromatic nitrogens is 5. The second-order valence-electron chi connectivity index (χ2n) is 6.54. The van der Waals surface area contributed by atoms with E-state index >= 15 is 0 Å². The van der Waals surface area contributed by atoms with E-state index in [0.717, 1.165) is 21.4 Å². The van der Waals surface area contributed by atoms with Crippen LogP contribution in [0.1, 0.15) is 42.5 Å². The highest BCUT2D eigenvalue weighted by molar-refractivity contribution is 7.99. The van der Waals surface area contributed by atoms with E-state index in [2.05, 4.69) is 46.4 Å². The third kappa shape index (κ3) is 3.84. The molecule has 0 bridgehead atoms. The molecule has 3 rings (SSSR count). The van der Waals surface area contributed by atoms with Crippen LogP contribution in [0.15, 0.2) is 12.3 Å². The van der Waals surface area contributed by atoms with E-state index in [1.54, 1.807) is 29.2 Å². The van der Waals surface area contributed by atoms with Crippen molar-refractivity contribution < 1.29 is 4.79 Å². The fourth-order valence-electron chi connectivity index (χ4n) is 2.35. The van der Waals surface area contributed by atoms with Crippen molar-refractivity contribution in [3.8, 4) is 0 Å². The third-order valence-corrected chi connectivity index (χ3v) is 6.04. The van der Waals surface area contributed by atoms with Crippen LogP contribution in [0.4, 0.5) is 0 Å². The van der Waals surface area contributed by atoms with Gasteiger partial charge < -0.3 is 4.90 Å². The number of nitrogens with one attached hydrogen (secondary N) is 1. The second-order valence-corrected chi connectivity index (χ2v) is 8.76. The van der Waals surface area contributed by atoms with E-state index in [9.17, 15) is 4.79 Å². The Morgan fingerprint density at radius 2 is 2.29 bits per heavy atom. The summed E-state index contributed by atoms with van der Waals surface area (Å²) in [6.07, 6.45) is 5.27. The number of aromatic amines is 1. The molecule has 0 aliphatic carbocycles. The Morgan fingerprint density at radius 1 is 1.46 bits per heavy atom. The average molecular weight is 364 g/mol. The number of thiazole rings is 1. The number of rotatable bonds is 3. The molecule has 1 aliphatic rings. The van der Waals surface area contributed by atoms with Crippen molar-refractivity contribution in [2.75, 3.05) is 18.1 Å². The van der Waals surface area contributed by atoms with Crippen molar-refractivity contribution in [1.82, 2.24) is 30.5 Å². The molecule has 0 aromatic carbocycles. The number of tetrazole rings is 1. The zero-order valence-electron chi connectivity index (χ0n) is 13.9. The van der Waals surface area contributed by atoms with Gasteiger partial charge in [-0.2, -0.15) is 17.0 Å². The second kappa shape index (κ2) is 7.02. The van der Waals surface area contributed by atoms with Crippen LogP contribution in [0.2, 0.25) is 0 Å². The number of nitrogens with zero attached hydrogens (tertiary/aromatic N) is 5. The predicted octanol–water partition coefficient (Wildman–Crippen LogP) is 2.28. The Bertz CT molecular complexity index is 719. The summed E-state index contributed by atoms with van der Waals surface area (Å²) in [7, 11) is 0. The molecule has 0 saturated carbocycles. The van der Waals surface area contributed by atoms with Crippen LogP contribution in [0.25, 0.3) is 6.08 Å². The summed E-state index contributed by atoms with van der Waals surface area (Å²) in [5.41, 5.74) is 0.0224. The van der Waals surface area contributed by atoms with Gasteiger partial charge in [-0.3, -0.25) is 4.79 Å². The molecule has 1 saturated heterocycles. The molecule has 24 heavy (non-hydrogen) atoms. The molecule has 7 nitrogen and oxygen atoms in total. The molecule has 3 heterocycles. The molecule has 2 aromatic rings. The monoisotopic (exact) mass is 364 g/mol. The highest BCUT2D eigenvalue weighted by Crippen LogP contribution is 2.29. The minimum Gasteiger partial charge on any atom is -0.327 e. The molecule has 1 aliphatic heterocycles. The van der Waals surface area contributed by atoms with Gasteiger partial charge in [0.2, 0.25) is 5.91 Å². The number of hydrogen-bond acceptors (Lipinski definition) is 7. The number of H-pyrrole nitrogens is 1. The molecule has 128 valence electrons. The summed E-state index contributed by atoms with van der Waals surface area (Å²) in [4.78, 5) is 19.8. The average Bonchev–Trinajstić information content (AvgIpc) is 3.23. The Hall–Kier alpha value is -1.74. The summed E-state index contributed by atoms with van der Waals surface area (Å²) in [5, 5.41) is 15.2. The summed E-state index contributed by atoms with van der Waals surface area (Å²) < 4.78 is 0. The lowest BCUT2D eigenvalue weighted by atomic mass is 9.98. The molecule has 1 fully saturated rings. The van der Waals surface area contributed by atoms with Crippen LogP contribution < -0.4 is 0 Å². The van der Waals surface area contributed by atoms with Crippen molar-refractivity contribution in [2.24, 2.45) is 0 Å². The lowest BCUT2D eigenvalue weighted by Crippen LogP contribution is -2.40. The molecule has 1 unspecified atom stereocenters. The Balaban J connectivity index is 1.72. The number of amides is 1. The van der Waals surface area contributed by atoms with Gasteiger partial charge >= 0.3 is 0 Å². The maximum absolute atomic E-state index is 12.6. The first-order chi connectivity index (χ1) is 11.4. The van der Waals surface area contributed by atoms with E-state index in [1.165, 1.54) is 0 Å². The minimum absolute atomic E-state index is 0.0224. The van der Waals surface area contributed by atoms with Gasteiger partial charge in [-0.25, -0.2) is 4.98 Å². The number of carbonyl (C=O) groups excluding carboxylic acids is 1. The molecule has 0 radical (unpaired) electrons. The zero-order chi connectivity index (χ0) is 17.2. The molecule has 2 aromatic heterocycles. The highest BCUT2D eigenvalue weighted by atomic mass is 32.2. The lowest BCUT2D eigenvalue weighted by Gasteiger charge is -2.32. The van der Waals surface area contributed by atoms with Gasteiger partial charge in [0.1, 0.15) is 6.04 Å². The van der Waals surface area contributed by atoms with Crippen molar-refractivity contribution >= 4 is 35.1 Å². The first-order valence-electron chi connectivity index (χ1n) is 7.71. The predicted molar refractivity (Wildman–Crippen MR) is 95.8 cm³/mol. The van der Waals surface area contributed by atoms with Gasteiger partial charge in [0.05, 0.1) is 5.01 Å². The number of thioether (sulfide) groups is 1. The summed E-state index contributed by atoms with van der Waals surface area (Å²) >= 11 is 3.41. The fraction of sp³-hybridized carbons (Fsp3) is 0.533. The molecular weight excluding hydrogens is 344 g/mol. The standard InChI is InChI=1S/C15H20N6OS2/c1-15(2,3)14-16-8-10(24-14)4-5-12(22)21-6-7-23-9-11(21)13-17-19-20-18-13/h4-5,8,11H,6-7,9H2,1-3H3,(H,17,18,19,20)/b5-4+. The van der Waals surface area contributed by atoms with E-state index in [4.69, 9.17) is 0 Å². The normalized spacial score (nSPS) is 19.1. The summed E-state index contributed by atoms with van der Waals surface area (Å²) in [6, 6.07) is -0.133. The van der Waals surface area contributed by atoms with Crippen LogP contribution >= 0.6 is 23.1 Å². The lowest BCUT2D eigenvalue weighted by molar-refractivity contribution is -0.128. The number of hydrogen-bond donors (Lipinski definition) is 1. The van der Waals surface area contributed by atoms with Gasteiger partial charge in [0.25, 0.3) is 0 Å². The largest absolute Gasteiger partial charge is 0.327 e. The molecular formula is C15H20N6OS2. The van der Waals surface area contributed by atoms with Gasteiger partial charge in [0.15, 0.2) is 5.82 Å². The van der Waals surface area contributed by atoms with Gasteiger partial charge in [-0.1, -0.05) is 26.0 Å². The molecule has 1 atom stereocenters. The van der Waals surface area contributed by atoms with Crippen LogP contribution in [0.5, 0.6) is 0 Å². The van der Waals surface area contributed by atoms with Crippen LogP contribution in [-0.4, -0.2) is 54.5 Å². The maximum Gasteiger partial charge on any atom is 0.247 e. The maximum atomic E-state index is 12.6. The smallest absolute Gasteiger partial charge is 0.247 e. The van der Waals surface area contributed by atoms with Crippen molar-refractivity contribution in [2.45, 2.75) is 32.2 Å². The Kier molecular flexibility index (Phi) is 5.00. The van der Waals surface area contributed by atoms with Gasteiger partial charge in [0, 0.05) is 40.6 Å². The Labute approximate surface area is 148 Å². The van der Waals surface area contributed by atoms with E-state index in [1.807, 2.05) is 17.2 Å². The summed E-state index contributed by atoms with van der Waals surface area (Å²) in [5.74, 6) is 2.24. The topological polar surface area (TPSA) is 87.7 Å². The van der Waals surface area contributed by atoms with Crippen LogP contribution in [0, 0.1) is 0 Å². The molecule has 0 spiro atoms. The molecule has 1 N–H and O–H groups in total. The highest BCUT2D eigenvalue weighted by Gasteiger charge is 2.30. The first-order valence-corrected chi connectivity index (χ1v) is 9.68.